The normalized spacial score (nSPS) is 18.3. The number of hydrogen-bond donors (Lipinski definition) is 1. The molecule has 0 radical (unpaired) electrons. The van der Waals surface area contributed by atoms with Crippen molar-refractivity contribution in [2.24, 2.45) is 0 Å². The van der Waals surface area contributed by atoms with Gasteiger partial charge in [0.1, 0.15) is 0 Å². The summed E-state index contributed by atoms with van der Waals surface area (Å²) >= 11 is 12.0. The fraction of sp³-hybridized carbons (Fsp3) is 0.375. The van der Waals surface area contributed by atoms with E-state index in [4.69, 9.17) is 27.9 Å². The van der Waals surface area contributed by atoms with Crippen LogP contribution in [0.4, 0.5) is 4.79 Å². The van der Waals surface area contributed by atoms with Gasteiger partial charge in [0.2, 0.25) is 0 Å². The van der Waals surface area contributed by atoms with Crippen LogP contribution in [0.3, 0.4) is 0 Å². The Morgan fingerprint density at radius 1 is 1.30 bits per heavy atom. The van der Waals surface area contributed by atoms with Gasteiger partial charge in [-0.05, 0) is 38.5 Å². The molecule has 124 valence electrons. The molecule has 0 aromatic heterocycles. The molecule has 2 rings (SSSR count). The van der Waals surface area contributed by atoms with Gasteiger partial charge in [-0.2, -0.15) is 0 Å². The molecule has 2 amide bonds. The maximum absolute atomic E-state index is 12.4. The summed E-state index contributed by atoms with van der Waals surface area (Å²) < 4.78 is 4.90. The number of ether oxygens (including phenoxy) is 1. The number of halogens is 2. The average Bonchev–Trinajstić information content (AvgIpc) is 2.48. The molecule has 1 aromatic carbocycles. The molecule has 0 spiro atoms. The highest BCUT2D eigenvalue weighted by molar-refractivity contribution is 6.42. The van der Waals surface area contributed by atoms with Crippen molar-refractivity contribution < 1.29 is 14.3 Å². The molecule has 1 aliphatic rings. The summed E-state index contributed by atoms with van der Waals surface area (Å²) in [5, 5.41) is 3.59. The van der Waals surface area contributed by atoms with Gasteiger partial charge in [-0.25, -0.2) is 9.59 Å². The quantitative estimate of drug-likeness (QED) is 0.835. The van der Waals surface area contributed by atoms with Gasteiger partial charge in [-0.15, -0.1) is 0 Å². The largest absolute Gasteiger partial charge is 0.466 e. The Hall–Kier alpha value is -1.72. The smallest absolute Gasteiger partial charge is 0.337 e. The number of nitrogens with zero attached hydrogens (tertiary/aromatic N) is 1. The van der Waals surface area contributed by atoms with Crippen LogP contribution in [-0.4, -0.2) is 30.1 Å². The Labute approximate surface area is 145 Å². The summed E-state index contributed by atoms with van der Waals surface area (Å²) in [6.45, 7) is 5.48. The maximum atomic E-state index is 12.4. The molecule has 1 atom stereocenters. The first-order chi connectivity index (χ1) is 10.8. The van der Waals surface area contributed by atoms with Crippen LogP contribution in [0.25, 0.3) is 0 Å². The number of carbonyl (C=O) groups is 2. The predicted molar refractivity (Wildman–Crippen MR) is 89.4 cm³/mol. The molecule has 1 heterocycles. The third kappa shape index (κ3) is 3.31. The molecule has 0 fully saturated rings. The van der Waals surface area contributed by atoms with Crippen molar-refractivity contribution in [3.63, 3.8) is 0 Å². The van der Waals surface area contributed by atoms with Crippen molar-refractivity contribution >= 4 is 35.2 Å². The topological polar surface area (TPSA) is 58.6 Å². The summed E-state index contributed by atoms with van der Waals surface area (Å²) in [6.07, 6.45) is 0. The second kappa shape index (κ2) is 6.81. The lowest BCUT2D eigenvalue weighted by Gasteiger charge is -2.37. The number of esters is 1. The van der Waals surface area contributed by atoms with E-state index in [9.17, 15) is 9.59 Å². The Morgan fingerprint density at radius 2 is 1.96 bits per heavy atom. The van der Waals surface area contributed by atoms with E-state index in [2.05, 4.69) is 5.32 Å². The number of amides is 2. The molecule has 7 heteroatoms. The van der Waals surface area contributed by atoms with Gasteiger partial charge in [0.15, 0.2) is 0 Å². The highest BCUT2D eigenvalue weighted by Gasteiger charge is 2.37. The molecule has 0 bridgehead atoms. The average molecular weight is 357 g/mol. The van der Waals surface area contributed by atoms with Crippen molar-refractivity contribution in [1.82, 2.24) is 10.2 Å². The number of urea groups is 1. The lowest BCUT2D eigenvalue weighted by atomic mass is 9.94. The lowest BCUT2D eigenvalue weighted by molar-refractivity contribution is -0.136. The van der Waals surface area contributed by atoms with Crippen LogP contribution >= 0.6 is 23.2 Å². The third-order valence-corrected chi connectivity index (χ3v) is 4.46. The first kappa shape index (κ1) is 17.6. The molecule has 0 saturated heterocycles. The standard InChI is InChI=1S/C16H18Cl2N2O3/c1-8(2)20-9(3)13(15(21)23-4)14(19-16(20)22)10-5-6-11(17)12(18)7-10/h5-8,14H,1-4H3,(H,19,22)/t14-/m1/s1. The second-order valence-electron chi connectivity index (χ2n) is 5.51. The minimum atomic E-state index is -0.639. The number of benzene rings is 1. The summed E-state index contributed by atoms with van der Waals surface area (Å²) in [7, 11) is 1.31. The molecule has 0 saturated carbocycles. The van der Waals surface area contributed by atoms with Crippen molar-refractivity contribution in [2.45, 2.75) is 32.9 Å². The van der Waals surface area contributed by atoms with E-state index in [1.807, 2.05) is 13.8 Å². The van der Waals surface area contributed by atoms with E-state index in [1.165, 1.54) is 12.0 Å². The van der Waals surface area contributed by atoms with Crippen LogP contribution in [0.2, 0.25) is 10.0 Å². The van der Waals surface area contributed by atoms with Crippen LogP contribution in [0.1, 0.15) is 32.4 Å². The number of hydrogen-bond acceptors (Lipinski definition) is 3. The van der Waals surface area contributed by atoms with Crippen LogP contribution in [0.5, 0.6) is 0 Å². The predicted octanol–water partition coefficient (Wildman–Crippen LogP) is 3.92. The van der Waals surface area contributed by atoms with Gasteiger partial charge in [0.05, 0.1) is 28.8 Å². The molecule has 1 N–H and O–H groups in total. The summed E-state index contributed by atoms with van der Waals surface area (Å²) in [5.41, 5.74) is 1.60. The Balaban J connectivity index is 2.59. The number of carbonyl (C=O) groups excluding carboxylic acids is 2. The van der Waals surface area contributed by atoms with E-state index >= 15 is 0 Å². The zero-order chi connectivity index (χ0) is 17.3. The molecular weight excluding hydrogens is 339 g/mol. The molecule has 5 nitrogen and oxygen atoms in total. The first-order valence-electron chi connectivity index (χ1n) is 7.11. The zero-order valence-corrected chi connectivity index (χ0v) is 14.8. The van der Waals surface area contributed by atoms with Gasteiger partial charge >= 0.3 is 12.0 Å². The Morgan fingerprint density at radius 3 is 2.48 bits per heavy atom. The minimum absolute atomic E-state index is 0.0931. The second-order valence-corrected chi connectivity index (χ2v) is 6.32. The maximum Gasteiger partial charge on any atom is 0.337 e. The van der Waals surface area contributed by atoms with E-state index in [0.29, 0.717) is 26.9 Å². The minimum Gasteiger partial charge on any atom is -0.466 e. The highest BCUT2D eigenvalue weighted by Crippen LogP contribution is 2.34. The molecule has 1 aromatic rings. The zero-order valence-electron chi connectivity index (χ0n) is 13.3. The van der Waals surface area contributed by atoms with E-state index in [-0.39, 0.29) is 12.1 Å². The fourth-order valence-electron chi connectivity index (χ4n) is 2.70. The lowest BCUT2D eigenvalue weighted by Crippen LogP contribution is -2.50. The van der Waals surface area contributed by atoms with E-state index in [0.717, 1.165) is 0 Å². The SMILES string of the molecule is COC(=O)C1=C(C)N(C(C)C)C(=O)N[C@@H]1c1ccc(Cl)c(Cl)c1. The third-order valence-electron chi connectivity index (χ3n) is 3.73. The van der Waals surface area contributed by atoms with Crippen molar-refractivity contribution in [3.05, 3.63) is 45.1 Å². The highest BCUT2D eigenvalue weighted by atomic mass is 35.5. The number of methoxy groups -OCH3 is 1. The van der Waals surface area contributed by atoms with Crippen molar-refractivity contribution in [3.8, 4) is 0 Å². The van der Waals surface area contributed by atoms with Gasteiger partial charge in [-0.1, -0.05) is 29.3 Å². The van der Waals surface area contributed by atoms with E-state index < -0.39 is 12.0 Å². The van der Waals surface area contributed by atoms with Crippen molar-refractivity contribution in [1.29, 1.82) is 0 Å². The Bertz CT molecular complexity index is 686. The number of rotatable bonds is 3. The first-order valence-corrected chi connectivity index (χ1v) is 7.87. The van der Waals surface area contributed by atoms with Crippen LogP contribution in [0.15, 0.2) is 29.5 Å². The van der Waals surface area contributed by atoms with Gasteiger partial charge in [0.25, 0.3) is 0 Å². The molecule has 23 heavy (non-hydrogen) atoms. The van der Waals surface area contributed by atoms with Crippen molar-refractivity contribution in [2.75, 3.05) is 7.11 Å². The summed E-state index contributed by atoms with van der Waals surface area (Å²) in [6, 6.07) is 3.98. The van der Waals surface area contributed by atoms with E-state index in [1.54, 1.807) is 25.1 Å². The van der Waals surface area contributed by atoms with Gasteiger partial charge in [0, 0.05) is 11.7 Å². The van der Waals surface area contributed by atoms with Crippen LogP contribution in [-0.2, 0) is 9.53 Å². The summed E-state index contributed by atoms with van der Waals surface area (Å²) in [4.78, 5) is 26.2. The fourth-order valence-corrected chi connectivity index (χ4v) is 3.00. The van der Waals surface area contributed by atoms with Gasteiger partial charge in [-0.3, -0.25) is 4.90 Å². The molecular formula is C16H18Cl2N2O3. The monoisotopic (exact) mass is 356 g/mol. The van der Waals surface area contributed by atoms with Gasteiger partial charge < -0.3 is 10.1 Å². The van der Waals surface area contributed by atoms with Crippen LogP contribution < -0.4 is 5.32 Å². The summed E-state index contributed by atoms with van der Waals surface area (Å²) in [5.74, 6) is -0.496. The molecule has 0 unspecified atom stereocenters. The number of allylic oxidation sites excluding steroid dienone is 1. The van der Waals surface area contributed by atoms with Crippen LogP contribution in [0, 0.1) is 0 Å². The molecule has 0 aliphatic carbocycles. The number of nitrogens with one attached hydrogen (secondary N) is 1. The Kier molecular flexibility index (Phi) is 5.22. The molecule has 1 aliphatic heterocycles.